The Bertz CT molecular complexity index is 255. The second kappa shape index (κ2) is 6.55. The van der Waals surface area contributed by atoms with E-state index in [2.05, 4.69) is 10.2 Å². The fourth-order valence-corrected chi connectivity index (χ4v) is 3.82. The summed E-state index contributed by atoms with van der Waals surface area (Å²) < 4.78 is 0. The average molecular weight is 267 g/mol. The van der Waals surface area contributed by atoms with Gasteiger partial charge in [-0.05, 0) is 26.7 Å². The van der Waals surface area contributed by atoms with Gasteiger partial charge < -0.3 is 5.11 Å². The lowest BCUT2D eigenvalue weighted by Crippen LogP contribution is -2.62. The Balaban J connectivity index is 0.000000163. The normalized spacial score (nSPS) is 31.7. The smallest absolute Gasteiger partial charge is 0.151 e. The SMILES string of the molecule is C1CCC[N]CC1.CC(C)(O)CC12CCC[N+]1CC2. The molecule has 3 heterocycles. The van der Waals surface area contributed by atoms with E-state index in [1.807, 2.05) is 13.8 Å². The zero-order valence-corrected chi connectivity index (χ0v) is 12.8. The van der Waals surface area contributed by atoms with Crippen molar-refractivity contribution >= 4 is 0 Å². The zero-order chi connectivity index (χ0) is 13.8. The molecule has 2 radical (unpaired) electrons. The molecular formula is C16H31N2O+. The van der Waals surface area contributed by atoms with Crippen LogP contribution in [0.5, 0.6) is 0 Å². The number of hydrogen-bond donors (Lipinski definition) is 1. The summed E-state index contributed by atoms with van der Waals surface area (Å²) in [6.07, 6.45) is 10.4. The van der Waals surface area contributed by atoms with Crippen molar-refractivity contribution in [3.05, 3.63) is 0 Å². The Kier molecular flexibility index (Phi) is 5.27. The summed E-state index contributed by atoms with van der Waals surface area (Å²) in [5.41, 5.74) is -0.0821. The molecule has 0 saturated carbocycles. The summed E-state index contributed by atoms with van der Waals surface area (Å²) >= 11 is 0. The van der Waals surface area contributed by atoms with Crippen LogP contribution in [0.3, 0.4) is 0 Å². The highest BCUT2D eigenvalue weighted by Gasteiger charge is 2.59. The highest BCUT2D eigenvalue weighted by atomic mass is 16.3. The van der Waals surface area contributed by atoms with E-state index in [4.69, 9.17) is 0 Å². The molecule has 3 heteroatoms. The van der Waals surface area contributed by atoms with E-state index in [1.165, 1.54) is 58.0 Å². The largest absolute Gasteiger partial charge is 0.390 e. The first kappa shape index (κ1) is 15.3. The van der Waals surface area contributed by atoms with Gasteiger partial charge in [0.25, 0.3) is 0 Å². The first-order valence-electron chi connectivity index (χ1n) is 8.13. The van der Waals surface area contributed by atoms with Gasteiger partial charge in [-0.25, -0.2) is 5.32 Å². The molecule has 3 aliphatic rings. The summed E-state index contributed by atoms with van der Waals surface area (Å²) in [5, 5.41) is 14.0. The van der Waals surface area contributed by atoms with Crippen molar-refractivity contribution in [2.45, 2.75) is 76.4 Å². The third kappa shape index (κ3) is 4.44. The van der Waals surface area contributed by atoms with Gasteiger partial charge in [0.15, 0.2) is 5.54 Å². The molecule has 1 N–H and O–H groups in total. The first-order valence-corrected chi connectivity index (χ1v) is 8.13. The highest BCUT2D eigenvalue weighted by Crippen LogP contribution is 2.43. The Morgan fingerprint density at radius 2 is 1.68 bits per heavy atom. The van der Waals surface area contributed by atoms with Crippen molar-refractivity contribution in [2.24, 2.45) is 0 Å². The Hall–Kier alpha value is -0.120. The van der Waals surface area contributed by atoms with Gasteiger partial charge in [0.05, 0.1) is 12.0 Å². The summed E-state index contributed by atoms with van der Waals surface area (Å²) in [7, 11) is 0. The zero-order valence-electron chi connectivity index (χ0n) is 12.8. The predicted molar refractivity (Wildman–Crippen MR) is 79.7 cm³/mol. The number of hydrogen-bond acceptors (Lipinski definition) is 2. The van der Waals surface area contributed by atoms with Crippen LogP contribution < -0.4 is 10.2 Å². The van der Waals surface area contributed by atoms with Gasteiger partial charge in [-0.1, -0.05) is 12.8 Å². The van der Waals surface area contributed by atoms with Gasteiger partial charge in [-0.2, -0.15) is 4.90 Å². The fraction of sp³-hybridized carbons (Fsp3) is 1.00. The van der Waals surface area contributed by atoms with Gasteiger partial charge in [0.2, 0.25) is 0 Å². The summed E-state index contributed by atoms with van der Waals surface area (Å²) in [6.45, 7) is 8.62. The second-order valence-electron chi connectivity index (χ2n) is 7.14. The lowest BCUT2D eigenvalue weighted by Gasteiger charge is -2.41. The van der Waals surface area contributed by atoms with Crippen molar-refractivity contribution < 1.29 is 5.11 Å². The lowest BCUT2D eigenvalue weighted by molar-refractivity contribution is -0.00599. The number of rotatable bonds is 2. The minimum atomic E-state index is -0.483. The third-order valence-corrected chi connectivity index (χ3v) is 4.73. The minimum Gasteiger partial charge on any atom is -0.390 e. The molecule has 0 aromatic rings. The van der Waals surface area contributed by atoms with Crippen LogP contribution in [0, 0.1) is 0 Å². The molecule has 0 aromatic heterocycles. The molecule has 0 bridgehead atoms. The molecule has 1 atom stereocenters. The summed E-state index contributed by atoms with van der Waals surface area (Å²) in [5.74, 6) is 0. The molecule has 0 spiro atoms. The Morgan fingerprint density at radius 3 is 2.16 bits per heavy atom. The maximum atomic E-state index is 9.77. The van der Waals surface area contributed by atoms with Crippen molar-refractivity contribution in [3.8, 4) is 0 Å². The predicted octanol–water partition coefficient (Wildman–Crippen LogP) is 2.39. The Morgan fingerprint density at radius 1 is 1.00 bits per heavy atom. The minimum absolute atomic E-state index is 0.401. The second-order valence-corrected chi connectivity index (χ2v) is 7.14. The van der Waals surface area contributed by atoms with Crippen molar-refractivity contribution in [1.29, 1.82) is 0 Å². The number of aliphatic hydroxyl groups is 1. The van der Waals surface area contributed by atoms with Gasteiger partial charge in [-0.15, -0.1) is 0 Å². The van der Waals surface area contributed by atoms with Crippen LogP contribution in [0.4, 0.5) is 0 Å². The van der Waals surface area contributed by atoms with Crippen LogP contribution in [-0.2, 0) is 0 Å². The van der Waals surface area contributed by atoms with Crippen molar-refractivity contribution in [3.63, 3.8) is 0 Å². The van der Waals surface area contributed by atoms with E-state index >= 15 is 0 Å². The topological polar surface area (TPSA) is 40.2 Å². The molecule has 3 fully saturated rings. The monoisotopic (exact) mass is 267 g/mol. The fourth-order valence-electron chi connectivity index (χ4n) is 3.82. The highest BCUT2D eigenvalue weighted by molar-refractivity contribution is 5.09. The van der Waals surface area contributed by atoms with Crippen LogP contribution in [0.25, 0.3) is 0 Å². The maximum absolute atomic E-state index is 9.77. The average Bonchev–Trinajstić information content (AvgIpc) is 2.58. The van der Waals surface area contributed by atoms with Crippen LogP contribution in [0.1, 0.15) is 65.2 Å². The van der Waals surface area contributed by atoms with Crippen LogP contribution in [-0.4, -0.2) is 42.4 Å². The standard InChI is InChI=1S/C10H19NO.C6H12N/c1-9(2,12)8-10-4-3-6-11(10)7-5-10;1-2-4-6-7-5-3-1/h12H,3-8H2,1-2H3;1-6H2/q+1;. The molecule has 0 amide bonds. The summed E-state index contributed by atoms with van der Waals surface area (Å²) in [6, 6.07) is 0. The lowest BCUT2D eigenvalue weighted by atomic mass is 9.77. The molecule has 3 rings (SSSR count). The van der Waals surface area contributed by atoms with Gasteiger partial charge in [0.1, 0.15) is 13.1 Å². The van der Waals surface area contributed by atoms with Gasteiger partial charge >= 0.3 is 0 Å². The van der Waals surface area contributed by atoms with Crippen LogP contribution in [0.2, 0.25) is 0 Å². The van der Waals surface area contributed by atoms with Crippen LogP contribution in [0.15, 0.2) is 0 Å². The number of nitrogens with zero attached hydrogens (tertiary/aromatic N) is 2. The molecule has 3 saturated heterocycles. The summed E-state index contributed by atoms with van der Waals surface area (Å²) in [4.78, 5) is 2.55. The number of fused-ring (bicyclic) bond motifs is 1. The molecule has 110 valence electrons. The molecule has 3 aliphatic heterocycles. The molecular weight excluding hydrogens is 236 g/mol. The van der Waals surface area contributed by atoms with Gasteiger partial charge in [0, 0.05) is 32.4 Å². The molecule has 0 aromatic carbocycles. The van der Waals surface area contributed by atoms with E-state index in [0.717, 1.165) is 19.5 Å². The quantitative estimate of drug-likeness (QED) is 0.767. The van der Waals surface area contributed by atoms with Crippen molar-refractivity contribution in [1.82, 2.24) is 10.2 Å². The van der Waals surface area contributed by atoms with E-state index in [1.54, 1.807) is 0 Å². The van der Waals surface area contributed by atoms with Crippen molar-refractivity contribution in [2.75, 3.05) is 26.2 Å². The first-order chi connectivity index (χ1) is 9.02. The van der Waals surface area contributed by atoms with Gasteiger partial charge in [-0.3, -0.25) is 0 Å². The molecule has 19 heavy (non-hydrogen) atoms. The van der Waals surface area contributed by atoms with Crippen LogP contribution >= 0.6 is 0 Å². The maximum Gasteiger partial charge on any atom is 0.151 e. The van der Waals surface area contributed by atoms with E-state index in [0.29, 0.717) is 5.54 Å². The third-order valence-electron chi connectivity index (χ3n) is 4.73. The molecule has 0 aliphatic carbocycles. The molecule has 1 unspecified atom stereocenters. The molecule has 3 nitrogen and oxygen atoms in total. The Labute approximate surface area is 118 Å². The van der Waals surface area contributed by atoms with E-state index < -0.39 is 5.60 Å². The van der Waals surface area contributed by atoms with E-state index in [9.17, 15) is 5.11 Å². The van der Waals surface area contributed by atoms with E-state index in [-0.39, 0.29) is 0 Å².